The summed E-state index contributed by atoms with van der Waals surface area (Å²) in [6.45, 7) is 1.77. The number of rotatable bonds is 6. The van der Waals surface area contributed by atoms with Gasteiger partial charge in [0, 0.05) is 34.6 Å². The molecule has 0 unspecified atom stereocenters. The van der Waals surface area contributed by atoms with Gasteiger partial charge in [0.2, 0.25) is 0 Å². The number of aryl methyl sites for hydroxylation is 1. The third-order valence-electron chi connectivity index (χ3n) is 5.55. The van der Waals surface area contributed by atoms with Gasteiger partial charge in [-0.15, -0.1) is 0 Å². The van der Waals surface area contributed by atoms with Gasteiger partial charge in [-0.2, -0.15) is 11.8 Å². The molecule has 1 aromatic heterocycles. The topological polar surface area (TPSA) is 114 Å². The first-order valence-electron chi connectivity index (χ1n) is 9.49. The lowest BCUT2D eigenvalue weighted by Crippen LogP contribution is -2.36. The Morgan fingerprint density at radius 2 is 2.11 bits per heavy atom. The molecule has 0 spiro atoms. The molecule has 0 bridgehead atoms. The Bertz CT molecular complexity index is 1000. The highest BCUT2D eigenvalue weighted by molar-refractivity contribution is 8.00. The lowest BCUT2D eigenvalue weighted by Gasteiger charge is -2.16. The van der Waals surface area contributed by atoms with Gasteiger partial charge in [0.05, 0.1) is 12.1 Å². The molecule has 2 fully saturated rings. The fourth-order valence-corrected chi connectivity index (χ4v) is 5.64. The zero-order chi connectivity index (χ0) is 19.8. The molecular formula is C20H23N3O4S. The van der Waals surface area contributed by atoms with Crippen LogP contribution in [0.2, 0.25) is 0 Å². The van der Waals surface area contributed by atoms with Crippen molar-refractivity contribution in [2.24, 2.45) is 0 Å². The second-order valence-electron chi connectivity index (χ2n) is 7.44. The van der Waals surface area contributed by atoms with Crippen molar-refractivity contribution < 1.29 is 14.0 Å². The Morgan fingerprint density at radius 1 is 1.29 bits per heavy atom. The standard InChI is InChI=1S/C20H23N3O4S/c1-10-12-7-6-11(21)8-15(12)27-19(25)17(10)14(24)4-2-3-5-16-18-13(9-28-16)22-20(26)23-18/h6-8,13,16,18H,2-5,9,21H2,1H3,(H2,22,23,26)/t13-,16-,18-/m0/s1. The van der Waals surface area contributed by atoms with Gasteiger partial charge >= 0.3 is 11.7 Å². The second kappa shape index (κ2) is 7.50. The van der Waals surface area contributed by atoms with Crippen LogP contribution >= 0.6 is 11.8 Å². The molecule has 2 aliphatic rings. The molecule has 3 heterocycles. The van der Waals surface area contributed by atoms with E-state index in [-0.39, 0.29) is 29.5 Å². The highest BCUT2D eigenvalue weighted by Gasteiger charge is 2.42. The highest BCUT2D eigenvalue weighted by atomic mass is 32.2. The van der Waals surface area contributed by atoms with E-state index in [0.717, 1.165) is 24.0 Å². The Balaban J connectivity index is 1.37. The number of Topliss-reactive ketones (excluding diaryl/α,β-unsaturated/α-hetero) is 1. The third kappa shape index (κ3) is 3.48. The van der Waals surface area contributed by atoms with Gasteiger partial charge in [-0.1, -0.05) is 6.42 Å². The molecule has 7 nitrogen and oxygen atoms in total. The number of hydrogen-bond acceptors (Lipinski definition) is 6. The largest absolute Gasteiger partial charge is 0.422 e. The van der Waals surface area contributed by atoms with Crippen LogP contribution in [0.1, 0.15) is 41.6 Å². The normalized spacial score (nSPS) is 23.5. The molecular weight excluding hydrogens is 378 g/mol. The van der Waals surface area contributed by atoms with Gasteiger partial charge in [0.25, 0.3) is 0 Å². The summed E-state index contributed by atoms with van der Waals surface area (Å²) in [7, 11) is 0. The fourth-order valence-electron chi connectivity index (χ4n) is 4.09. The number of carbonyl (C=O) groups is 2. The first kappa shape index (κ1) is 18.9. The molecule has 3 atom stereocenters. The first-order chi connectivity index (χ1) is 13.4. The number of carbonyl (C=O) groups excluding carboxylic acids is 2. The van der Waals surface area contributed by atoms with Crippen LogP contribution < -0.4 is 22.0 Å². The minimum absolute atomic E-state index is 0.0873. The Kier molecular flexibility index (Phi) is 5.05. The first-order valence-corrected chi connectivity index (χ1v) is 10.5. The number of fused-ring (bicyclic) bond motifs is 2. The van der Waals surface area contributed by atoms with E-state index in [2.05, 4.69) is 10.6 Å². The summed E-state index contributed by atoms with van der Waals surface area (Å²) < 4.78 is 5.31. The van der Waals surface area contributed by atoms with Crippen LogP contribution in [-0.2, 0) is 0 Å². The minimum Gasteiger partial charge on any atom is -0.422 e. The molecule has 4 N–H and O–H groups in total. The summed E-state index contributed by atoms with van der Waals surface area (Å²) in [5.74, 6) is 0.743. The van der Waals surface area contributed by atoms with Gasteiger partial charge in [-0.25, -0.2) is 9.59 Å². The van der Waals surface area contributed by atoms with E-state index in [1.165, 1.54) is 0 Å². The van der Waals surface area contributed by atoms with Crippen LogP contribution in [-0.4, -0.2) is 34.9 Å². The van der Waals surface area contributed by atoms with E-state index >= 15 is 0 Å². The van der Waals surface area contributed by atoms with Crippen molar-refractivity contribution >= 4 is 40.2 Å². The van der Waals surface area contributed by atoms with Crippen LogP contribution in [0.4, 0.5) is 10.5 Å². The Hall–Kier alpha value is -2.48. The number of thioether (sulfide) groups is 1. The van der Waals surface area contributed by atoms with Gasteiger partial charge in [0.1, 0.15) is 11.1 Å². The van der Waals surface area contributed by atoms with Gasteiger partial charge < -0.3 is 20.8 Å². The van der Waals surface area contributed by atoms with Crippen molar-refractivity contribution in [2.45, 2.75) is 49.9 Å². The fraction of sp³-hybridized carbons (Fsp3) is 0.450. The van der Waals surface area contributed by atoms with Crippen molar-refractivity contribution in [3.8, 4) is 0 Å². The SMILES string of the molecule is Cc1c(C(=O)CCCC[C@@H]2SC[C@@H]3NC(=O)N[C@@H]32)c(=O)oc2cc(N)ccc12. The number of nitrogens with one attached hydrogen (secondary N) is 2. The zero-order valence-electron chi connectivity index (χ0n) is 15.6. The number of ketones is 1. The summed E-state index contributed by atoms with van der Waals surface area (Å²) in [5, 5.41) is 7.01. The lowest BCUT2D eigenvalue weighted by atomic mass is 9.98. The van der Waals surface area contributed by atoms with Crippen LogP contribution in [0.3, 0.4) is 0 Å². The average Bonchev–Trinajstić information content (AvgIpc) is 3.17. The van der Waals surface area contributed by atoms with Gasteiger partial charge in [-0.05, 0) is 37.5 Å². The molecule has 0 radical (unpaired) electrons. The third-order valence-corrected chi connectivity index (χ3v) is 7.06. The molecule has 28 heavy (non-hydrogen) atoms. The van der Waals surface area contributed by atoms with E-state index < -0.39 is 5.63 Å². The van der Waals surface area contributed by atoms with Crippen LogP contribution in [0.15, 0.2) is 27.4 Å². The van der Waals surface area contributed by atoms with E-state index in [9.17, 15) is 14.4 Å². The van der Waals surface area contributed by atoms with Crippen LogP contribution in [0, 0.1) is 6.92 Å². The summed E-state index contributed by atoms with van der Waals surface area (Å²) >= 11 is 1.86. The molecule has 0 aliphatic carbocycles. The average molecular weight is 401 g/mol. The van der Waals surface area contributed by atoms with Crippen LogP contribution in [0.25, 0.3) is 11.0 Å². The summed E-state index contributed by atoms with van der Waals surface area (Å²) in [6.07, 6.45) is 2.82. The number of hydrogen-bond donors (Lipinski definition) is 3. The summed E-state index contributed by atoms with van der Waals surface area (Å²) in [6, 6.07) is 5.40. The minimum atomic E-state index is -0.602. The summed E-state index contributed by atoms with van der Waals surface area (Å²) in [4.78, 5) is 36.4. The molecule has 8 heteroatoms. The van der Waals surface area contributed by atoms with E-state index in [1.807, 2.05) is 11.8 Å². The van der Waals surface area contributed by atoms with Crippen molar-refractivity contribution in [3.05, 3.63) is 39.7 Å². The van der Waals surface area contributed by atoms with Crippen molar-refractivity contribution in [1.29, 1.82) is 0 Å². The quantitative estimate of drug-likeness (QED) is 0.225. The second-order valence-corrected chi connectivity index (χ2v) is 8.71. The van der Waals surface area contributed by atoms with Crippen molar-refractivity contribution in [1.82, 2.24) is 10.6 Å². The maximum absolute atomic E-state index is 12.7. The predicted molar refractivity (Wildman–Crippen MR) is 110 cm³/mol. The van der Waals surface area contributed by atoms with E-state index in [0.29, 0.717) is 34.9 Å². The smallest absolute Gasteiger partial charge is 0.347 e. The number of anilines is 1. The predicted octanol–water partition coefficient (Wildman–Crippen LogP) is 2.59. The number of nitrogens with two attached hydrogens (primary N) is 1. The maximum Gasteiger partial charge on any atom is 0.347 e. The Labute approximate surface area is 166 Å². The molecule has 4 rings (SSSR count). The van der Waals surface area contributed by atoms with Gasteiger partial charge in [-0.3, -0.25) is 4.79 Å². The van der Waals surface area contributed by atoms with Crippen LogP contribution in [0.5, 0.6) is 0 Å². The zero-order valence-corrected chi connectivity index (χ0v) is 16.4. The molecule has 2 aliphatic heterocycles. The molecule has 0 saturated carbocycles. The molecule has 2 amide bonds. The molecule has 1 aromatic carbocycles. The maximum atomic E-state index is 12.7. The lowest BCUT2D eigenvalue weighted by molar-refractivity contribution is 0.0975. The highest BCUT2D eigenvalue weighted by Crippen LogP contribution is 2.33. The number of amides is 2. The number of nitrogen functional groups attached to an aromatic ring is 1. The number of unbranched alkanes of at least 4 members (excludes halogenated alkanes) is 1. The number of benzene rings is 1. The molecule has 2 aromatic rings. The van der Waals surface area contributed by atoms with Crippen molar-refractivity contribution in [3.63, 3.8) is 0 Å². The van der Waals surface area contributed by atoms with E-state index in [1.54, 1.807) is 25.1 Å². The monoisotopic (exact) mass is 401 g/mol. The Morgan fingerprint density at radius 3 is 2.93 bits per heavy atom. The van der Waals surface area contributed by atoms with E-state index in [4.69, 9.17) is 10.2 Å². The molecule has 2 saturated heterocycles. The van der Waals surface area contributed by atoms with Crippen molar-refractivity contribution in [2.75, 3.05) is 11.5 Å². The molecule has 148 valence electrons. The number of urea groups is 1. The summed E-state index contributed by atoms with van der Waals surface area (Å²) in [5.41, 5.74) is 6.83. The van der Waals surface area contributed by atoms with Gasteiger partial charge in [0.15, 0.2) is 5.78 Å².